The lowest BCUT2D eigenvalue weighted by Crippen LogP contribution is -2.18. The first kappa shape index (κ1) is 13.5. The van der Waals surface area contributed by atoms with Crippen LogP contribution < -0.4 is 10.5 Å². The Morgan fingerprint density at radius 2 is 2.17 bits per heavy atom. The van der Waals surface area contributed by atoms with Crippen LogP contribution in [0.5, 0.6) is 5.75 Å². The van der Waals surface area contributed by atoms with Gasteiger partial charge < -0.3 is 10.5 Å². The molecule has 18 heavy (non-hydrogen) atoms. The maximum atomic E-state index is 12.0. The fourth-order valence-electron chi connectivity index (χ4n) is 1.03. The van der Waals surface area contributed by atoms with Crippen LogP contribution in [-0.2, 0) is 0 Å². The number of rotatable bonds is 2. The Hall–Kier alpha value is -2.52. The van der Waals surface area contributed by atoms with E-state index in [9.17, 15) is 13.2 Å². The number of ether oxygens (including phenoxy) is 1. The molecule has 0 saturated carbocycles. The molecule has 0 bridgehead atoms. The van der Waals surface area contributed by atoms with Crippen LogP contribution >= 0.6 is 0 Å². The zero-order chi connectivity index (χ0) is 13.6. The summed E-state index contributed by atoms with van der Waals surface area (Å²) >= 11 is 0. The molecule has 1 rings (SSSR count). The van der Waals surface area contributed by atoms with E-state index in [2.05, 4.69) is 26.6 Å². The Morgan fingerprint density at radius 3 is 2.78 bits per heavy atom. The van der Waals surface area contributed by atoms with Crippen molar-refractivity contribution in [1.82, 2.24) is 0 Å². The normalized spacial score (nSPS) is 9.94. The van der Waals surface area contributed by atoms with Gasteiger partial charge in [0, 0.05) is 10.5 Å². The van der Waals surface area contributed by atoms with E-state index >= 15 is 0 Å². The highest BCUT2D eigenvalue weighted by atomic mass is 19.4. The van der Waals surface area contributed by atoms with Gasteiger partial charge in [-0.3, -0.25) is 0 Å². The molecule has 0 aliphatic heterocycles. The fourth-order valence-corrected chi connectivity index (χ4v) is 1.03. The standard InChI is InChI=1S/C10H7F3N4O/c11-10(12,13)18-9-6-7(3-4-8(9)14)2-1-5-16-17-15/h3-4,6H,5,14H2. The summed E-state index contributed by atoms with van der Waals surface area (Å²) in [5.41, 5.74) is 13.5. The van der Waals surface area contributed by atoms with Crippen molar-refractivity contribution in [2.24, 2.45) is 5.11 Å². The Bertz CT molecular complexity index is 538. The number of alkyl halides is 3. The Kier molecular flexibility index (Phi) is 4.29. The first-order valence-corrected chi connectivity index (χ1v) is 4.57. The summed E-state index contributed by atoms with van der Waals surface area (Å²) in [5.74, 6) is 4.46. The third-order valence-corrected chi connectivity index (χ3v) is 1.68. The van der Waals surface area contributed by atoms with Crippen molar-refractivity contribution in [3.8, 4) is 17.6 Å². The highest BCUT2D eigenvalue weighted by Crippen LogP contribution is 2.28. The molecule has 0 aliphatic rings. The van der Waals surface area contributed by atoms with E-state index in [4.69, 9.17) is 11.3 Å². The number of halogens is 3. The molecule has 0 fully saturated rings. The predicted molar refractivity (Wildman–Crippen MR) is 58.4 cm³/mol. The number of nitrogens with zero attached hydrogens (tertiary/aromatic N) is 3. The van der Waals surface area contributed by atoms with Crippen molar-refractivity contribution in [1.29, 1.82) is 0 Å². The summed E-state index contributed by atoms with van der Waals surface area (Å²) in [6, 6.07) is 3.74. The lowest BCUT2D eigenvalue weighted by atomic mass is 10.2. The van der Waals surface area contributed by atoms with Gasteiger partial charge in [0.25, 0.3) is 0 Å². The van der Waals surface area contributed by atoms with Crippen molar-refractivity contribution in [3.05, 3.63) is 34.2 Å². The minimum Gasteiger partial charge on any atom is -0.404 e. The topological polar surface area (TPSA) is 84.0 Å². The van der Waals surface area contributed by atoms with Gasteiger partial charge in [-0.25, -0.2) is 0 Å². The number of anilines is 1. The van der Waals surface area contributed by atoms with E-state index in [-0.39, 0.29) is 17.8 Å². The maximum Gasteiger partial charge on any atom is 0.573 e. The second kappa shape index (κ2) is 5.70. The number of hydrogen-bond donors (Lipinski definition) is 1. The summed E-state index contributed by atoms with van der Waals surface area (Å²) in [6.07, 6.45) is -4.81. The molecule has 0 spiro atoms. The van der Waals surface area contributed by atoms with Crippen LogP contribution in [-0.4, -0.2) is 12.9 Å². The Morgan fingerprint density at radius 1 is 1.44 bits per heavy atom. The minimum absolute atomic E-state index is 0.0731. The first-order valence-electron chi connectivity index (χ1n) is 4.57. The van der Waals surface area contributed by atoms with Crippen molar-refractivity contribution in [2.75, 3.05) is 12.3 Å². The molecular formula is C10H7F3N4O. The Labute approximate surface area is 100.0 Å². The second-order valence-corrected chi connectivity index (χ2v) is 2.99. The largest absolute Gasteiger partial charge is 0.573 e. The van der Waals surface area contributed by atoms with Crippen LogP contribution in [0.15, 0.2) is 23.3 Å². The fraction of sp³-hybridized carbons (Fsp3) is 0.200. The van der Waals surface area contributed by atoms with Crippen LogP contribution in [0.4, 0.5) is 18.9 Å². The third kappa shape index (κ3) is 4.55. The van der Waals surface area contributed by atoms with Crippen LogP contribution in [0.1, 0.15) is 5.56 Å². The average molecular weight is 256 g/mol. The zero-order valence-corrected chi connectivity index (χ0v) is 8.90. The SMILES string of the molecule is [N-]=[N+]=NCC#Cc1ccc(N)c(OC(F)(F)F)c1. The van der Waals surface area contributed by atoms with Crippen molar-refractivity contribution >= 4 is 5.69 Å². The van der Waals surface area contributed by atoms with E-state index in [1.54, 1.807) is 0 Å². The number of nitrogens with two attached hydrogens (primary N) is 1. The molecular weight excluding hydrogens is 249 g/mol. The quantitative estimate of drug-likeness (QED) is 0.290. The van der Waals surface area contributed by atoms with Crippen molar-refractivity contribution < 1.29 is 17.9 Å². The monoisotopic (exact) mass is 256 g/mol. The van der Waals surface area contributed by atoms with E-state index in [1.807, 2.05) is 0 Å². The lowest BCUT2D eigenvalue weighted by molar-refractivity contribution is -0.274. The summed E-state index contributed by atoms with van der Waals surface area (Å²) in [6.45, 7) is -0.0731. The van der Waals surface area contributed by atoms with E-state index in [0.29, 0.717) is 0 Å². The smallest absolute Gasteiger partial charge is 0.404 e. The van der Waals surface area contributed by atoms with Gasteiger partial charge in [-0.05, 0) is 23.7 Å². The van der Waals surface area contributed by atoms with Crippen molar-refractivity contribution in [2.45, 2.75) is 6.36 Å². The van der Waals surface area contributed by atoms with E-state index in [1.165, 1.54) is 12.1 Å². The van der Waals surface area contributed by atoms with Gasteiger partial charge in [-0.1, -0.05) is 17.0 Å². The molecule has 1 aromatic carbocycles. The van der Waals surface area contributed by atoms with Crippen molar-refractivity contribution in [3.63, 3.8) is 0 Å². The zero-order valence-electron chi connectivity index (χ0n) is 8.90. The average Bonchev–Trinajstić information content (AvgIpc) is 2.27. The molecule has 0 unspecified atom stereocenters. The predicted octanol–water partition coefficient (Wildman–Crippen LogP) is 2.83. The molecule has 0 amide bonds. The summed E-state index contributed by atoms with van der Waals surface area (Å²) in [4.78, 5) is 2.48. The van der Waals surface area contributed by atoms with Crippen LogP contribution in [0.2, 0.25) is 0 Å². The Balaban J connectivity index is 2.92. The van der Waals surface area contributed by atoms with E-state index < -0.39 is 12.1 Å². The molecule has 2 N–H and O–H groups in total. The van der Waals surface area contributed by atoms with Gasteiger partial charge in [0.15, 0.2) is 5.75 Å². The van der Waals surface area contributed by atoms with Gasteiger partial charge in [0.1, 0.15) is 0 Å². The number of nitrogen functional groups attached to an aromatic ring is 1. The molecule has 0 heterocycles. The summed E-state index contributed by atoms with van der Waals surface area (Å²) in [7, 11) is 0. The van der Waals surface area contributed by atoms with Gasteiger partial charge >= 0.3 is 6.36 Å². The lowest BCUT2D eigenvalue weighted by Gasteiger charge is -2.10. The molecule has 0 radical (unpaired) electrons. The van der Waals surface area contributed by atoms with Gasteiger partial charge in [0.05, 0.1) is 12.2 Å². The van der Waals surface area contributed by atoms with E-state index in [0.717, 1.165) is 6.07 Å². The molecule has 5 nitrogen and oxygen atoms in total. The molecule has 1 aromatic rings. The van der Waals surface area contributed by atoms with Crippen LogP contribution in [0.3, 0.4) is 0 Å². The maximum absolute atomic E-state index is 12.0. The minimum atomic E-state index is -4.81. The molecule has 94 valence electrons. The molecule has 0 atom stereocenters. The molecule has 8 heteroatoms. The summed E-state index contributed by atoms with van der Waals surface area (Å²) < 4.78 is 39.8. The molecule has 0 aromatic heterocycles. The van der Waals surface area contributed by atoms with Gasteiger partial charge in [-0.2, -0.15) is 0 Å². The van der Waals surface area contributed by atoms with Gasteiger partial charge in [0.2, 0.25) is 0 Å². The first-order chi connectivity index (χ1) is 8.42. The third-order valence-electron chi connectivity index (χ3n) is 1.68. The highest BCUT2D eigenvalue weighted by Gasteiger charge is 2.31. The molecule has 0 aliphatic carbocycles. The number of hydrogen-bond acceptors (Lipinski definition) is 3. The number of azide groups is 1. The number of benzene rings is 1. The molecule has 0 saturated heterocycles. The van der Waals surface area contributed by atoms with Crippen LogP contribution in [0, 0.1) is 11.8 Å². The van der Waals surface area contributed by atoms with Crippen LogP contribution in [0.25, 0.3) is 10.4 Å². The second-order valence-electron chi connectivity index (χ2n) is 2.99. The summed E-state index contributed by atoms with van der Waals surface area (Å²) in [5, 5.41) is 3.16. The van der Waals surface area contributed by atoms with Gasteiger partial charge in [-0.15, -0.1) is 13.2 Å². The highest BCUT2D eigenvalue weighted by molar-refractivity contribution is 5.56.